The molecule has 5 rings (SSSR count). The van der Waals surface area contributed by atoms with Crippen LogP contribution >= 0.6 is 0 Å². The van der Waals surface area contributed by atoms with Crippen LogP contribution in [0.25, 0.3) is 16.6 Å². The van der Waals surface area contributed by atoms with Gasteiger partial charge in [0.1, 0.15) is 11.4 Å². The molecular weight excluding hydrogens is 554 g/mol. The van der Waals surface area contributed by atoms with Crippen LogP contribution in [-0.2, 0) is 14.0 Å². The van der Waals surface area contributed by atoms with E-state index in [1.54, 1.807) is 37.8 Å². The molecule has 226 valence electrons. The summed E-state index contributed by atoms with van der Waals surface area (Å²) in [6.07, 6.45) is 0.604. The number of ether oxygens (including phenoxy) is 2. The Hall–Kier alpha value is -3.95. The summed E-state index contributed by atoms with van der Waals surface area (Å²) in [5, 5.41) is 10.0. The number of nitriles is 1. The summed E-state index contributed by atoms with van der Waals surface area (Å²) >= 11 is 0. The van der Waals surface area contributed by atoms with Gasteiger partial charge >= 0.3 is 13.2 Å². The Morgan fingerprint density at radius 3 is 2.42 bits per heavy atom. The number of nitrogens with zero attached hydrogens (tertiary/aromatic N) is 4. The van der Waals surface area contributed by atoms with Crippen LogP contribution in [0.2, 0.25) is 0 Å². The molecule has 2 saturated heterocycles. The zero-order valence-corrected chi connectivity index (χ0v) is 25.8. The second-order valence-corrected chi connectivity index (χ2v) is 12.9. The molecular formula is C31H36BFN4O6. The van der Waals surface area contributed by atoms with Gasteiger partial charge in [-0.1, -0.05) is 0 Å². The highest BCUT2D eigenvalue weighted by atomic mass is 19.1. The number of methoxy groups -OCH3 is 1. The first-order valence-corrected chi connectivity index (χ1v) is 14.3. The van der Waals surface area contributed by atoms with Crippen LogP contribution in [0.5, 0.6) is 5.75 Å². The van der Waals surface area contributed by atoms with Crippen molar-refractivity contribution in [3.63, 3.8) is 0 Å². The summed E-state index contributed by atoms with van der Waals surface area (Å²) in [6.45, 7) is 13.4. The van der Waals surface area contributed by atoms with Gasteiger partial charge in [0.2, 0.25) is 0 Å². The molecule has 3 heterocycles. The number of amides is 1. The molecule has 0 radical (unpaired) electrons. The average molecular weight is 590 g/mol. The first kappa shape index (κ1) is 30.5. The Morgan fingerprint density at radius 1 is 1.16 bits per heavy atom. The van der Waals surface area contributed by atoms with E-state index in [9.17, 15) is 19.2 Å². The van der Waals surface area contributed by atoms with Gasteiger partial charge in [-0.05, 0) is 85.6 Å². The summed E-state index contributed by atoms with van der Waals surface area (Å²) in [4.78, 5) is 34.3. The van der Waals surface area contributed by atoms with Gasteiger partial charge in [-0.25, -0.2) is 14.2 Å². The summed E-state index contributed by atoms with van der Waals surface area (Å²) in [7, 11) is 0.436. The second-order valence-electron chi connectivity index (χ2n) is 12.9. The maximum Gasteiger partial charge on any atom is 0.497 e. The number of carbonyl (C=O) groups is 1. The molecule has 2 aliphatic rings. The summed E-state index contributed by atoms with van der Waals surface area (Å²) < 4.78 is 39.7. The van der Waals surface area contributed by atoms with E-state index in [2.05, 4.69) is 6.07 Å². The number of aromatic nitrogens is 2. The first-order valence-electron chi connectivity index (χ1n) is 14.3. The third-order valence-corrected chi connectivity index (χ3v) is 8.24. The van der Waals surface area contributed by atoms with Crippen molar-refractivity contribution in [2.24, 2.45) is 0 Å². The van der Waals surface area contributed by atoms with Crippen molar-refractivity contribution in [3.05, 3.63) is 57.9 Å². The minimum absolute atomic E-state index is 0.0122. The molecule has 1 aromatic heterocycles. The number of halogens is 1. The maximum atomic E-state index is 15.0. The predicted molar refractivity (Wildman–Crippen MR) is 159 cm³/mol. The van der Waals surface area contributed by atoms with Gasteiger partial charge in [0.05, 0.1) is 52.6 Å². The molecule has 0 saturated carbocycles. The average Bonchev–Trinajstić information content (AvgIpc) is 3.48. The topological polar surface area (TPSA) is 116 Å². The van der Waals surface area contributed by atoms with E-state index in [1.807, 2.05) is 27.7 Å². The molecule has 12 heteroatoms. The van der Waals surface area contributed by atoms with Gasteiger partial charge in [0, 0.05) is 18.1 Å². The third kappa shape index (κ3) is 5.48. The van der Waals surface area contributed by atoms with E-state index in [-0.39, 0.29) is 33.7 Å². The first-order chi connectivity index (χ1) is 20.1. The van der Waals surface area contributed by atoms with Gasteiger partial charge in [-0.3, -0.25) is 14.3 Å². The fraction of sp³-hybridized carbons (Fsp3) is 0.484. The van der Waals surface area contributed by atoms with Gasteiger partial charge < -0.3 is 18.8 Å². The van der Waals surface area contributed by atoms with Crippen molar-refractivity contribution < 1.29 is 28.0 Å². The fourth-order valence-electron chi connectivity index (χ4n) is 5.39. The molecule has 10 nitrogen and oxygen atoms in total. The van der Waals surface area contributed by atoms with Gasteiger partial charge in [-0.2, -0.15) is 5.26 Å². The van der Waals surface area contributed by atoms with E-state index in [0.717, 1.165) is 0 Å². The van der Waals surface area contributed by atoms with Crippen molar-refractivity contribution in [1.29, 1.82) is 5.26 Å². The predicted octanol–water partition coefficient (Wildman–Crippen LogP) is 4.78. The molecule has 0 N–H and O–H groups in total. The number of hydrogen-bond donors (Lipinski definition) is 0. The highest BCUT2D eigenvalue weighted by Crippen LogP contribution is 2.38. The van der Waals surface area contributed by atoms with Crippen LogP contribution in [0.1, 0.15) is 78.7 Å². The minimum Gasteiger partial charge on any atom is -0.494 e. The number of likely N-dealkylation sites (tertiary alicyclic amines) is 1. The van der Waals surface area contributed by atoms with E-state index in [0.29, 0.717) is 24.8 Å². The van der Waals surface area contributed by atoms with Crippen molar-refractivity contribution in [3.8, 4) is 17.5 Å². The molecule has 1 atom stereocenters. The second kappa shape index (κ2) is 10.6. The van der Waals surface area contributed by atoms with E-state index >= 15 is 0 Å². The normalized spacial score (nSPS) is 19.5. The van der Waals surface area contributed by atoms with Crippen LogP contribution in [-0.4, -0.2) is 58.1 Å². The molecule has 2 aromatic carbocycles. The molecule has 1 amide bonds. The lowest BCUT2D eigenvalue weighted by atomic mass is 9.77. The molecule has 43 heavy (non-hydrogen) atoms. The van der Waals surface area contributed by atoms with Crippen LogP contribution in [0.15, 0.2) is 35.1 Å². The number of carbonyl (C=O) groups excluding carboxylic acids is 1. The van der Waals surface area contributed by atoms with Crippen molar-refractivity contribution in [2.75, 3.05) is 13.7 Å². The van der Waals surface area contributed by atoms with Crippen LogP contribution in [0.3, 0.4) is 0 Å². The van der Waals surface area contributed by atoms with Crippen molar-refractivity contribution in [1.82, 2.24) is 14.5 Å². The Kier molecular flexibility index (Phi) is 7.55. The SMILES string of the molecule is COc1ccc(-n2c([C@H]3CCCN3C(=O)OC(C)(C)C)nc3c(B4OC(C)(C)C(C)(C)O4)cc(C#N)cc3c2=O)cc1F. The quantitative estimate of drug-likeness (QED) is 0.399. The highest BCUT2D eigenvalue weighted by Gasteiger charge is 2.52. The maximum absolute atomic E-state index is 15.0. The Morgan fingerprint density at radius 2 is 1.84 bits per heavy atom. The zero-order chi connectivity index (χ0) is 31.5. The van der Waals surface area contributed by atoms with Crippen molar-refractivity contribution >= 4 is 29.6 Å². The number of fused-ring (bicyclic) bond motifs is 1. The monoisotopic (exact) mass is 590 g/mol. The molecule has 0 unspecified atom stereocenters. The Labute approximate surface area is 250 Å². The molecule has 2 aliphatic heterocycles. The zero-order valence-electron chi connectivity index (χ0n) is 25.8. The molecule has 0 bridgehead atoms. The smallest absolute Gasteiger partial charge is 0.494 e. The lowest BCUT2D eigenvalue weighted by Crippen LogP contribution is -2.41. The van der Waals surface area contributed by atoms with E-state index in [1.165, 1.54) is 29.9 Å². The van der Waals surface area contributed by atoms with Crippen molar-refractivity contribution in [2.45, 2.75) is 84.2 Å². The lowest BCUT2D eigenvalue weighted by molar-refractivity contribution is 0.00578. The molecule has 0 aliphatic carbocycles. The Bertz CT molecular complexity index is 1690. The molecule has 3 aromatic rings. The van der Waals surface area contributed by atoms with Gasteiger partial charge in [0.25, 0.3) is 5.56 Å². The number of rotatable bonds is 4. The number of benzene rings is 2. The van der Waals surface area contributed by atoms with Crippen LogP contribution in [0.4, 0.5) is 9.18 Å². The fourth-order valence-corrected chi connectivity index (χ4v) is 5.39. The standard InChI is InChI=1S/C31H36BFN4O6/c1-29(2,3)41-28(39)36-13-9-10-23(36)26-35-25-20(27(38)37(26)19-11-12-24(40-8)22(33)16-19)14-18(17-34)15-21(25)32-42-30(4,5)31(6,7)43-32/h11-12,14-16,23H,9-10,13H2,1-8H3/t23-/m1/s1. The van der Waals surface area contributed by atoms with E-state index in [4.69, 9.17) is 23.8 Å². The number of hydrogen-bond acceptors (Lipinski definition) is 8. The van der Waals surface area contributed by atoms with Gasteiger partial charge in [-0.15, -0.1) is 0 Å². The van der Waals surface area contributed by atoms with Crippen LogP contribution in [0, 0.1) is 17.1 Å². The highest BCUT2D eigenvalue weighted by molar-refractivity contribution is 6.65. The lowest BCUT2D eigenvalue weighted by Gasteiger charge is -2.32. The van der Waals surface area contributed by atoms with E-state index < -0.39 is 47.4 Å². The summed E-state index contributed by atoms with van der Waals surface area (Å²) in [5.41, 5.74) is -1.54. The summed E-state index contributed by atoms with van der Waals surface area (Å²) in [6, 6.07) is 8.69. The van der Waals surface area contributed by atoms with Gasteiger partial charge in [0.15, 0.2) is 11.6 Å². The minimum atomic E-state index is -0.916. The third-order valence-electron chi connectivity index (χ3n) is 8.24. The summed E-state index contributed by atoms with van der Waals surface area (Å²) in [5.74, 6) is -0.428. The molecule has 2 fully saturated rings. The molecule has 0 spiro atoms. The Balaban J connectivity index is 1.79. The van der Waals surface area contributed by atoms with Crippen LogP contribution < -0.4 is 15.8 Å². The largest absolute Gasteiger partial charge is 0.497 e.